The van der Waals surface area contributed by atoms with Crippen molar-refractivity contribution in [3.8, 4) is 11.8 Å². The molecule has 0 saturated heterocycles. The highest BCUT2D eigenvalue weighted by Gasteiger charge is 2.02. The minimum absolute atomic E-state index is 0.855. The third-order valence-electron chi connectivity index (χ3n) is 2.61. The summed E-state index contributed by atoms with van der Waals surface area (Å²) in [6.45, 7) is 0.855. The first-order chi connectivity index (χ1) is 6.95. The maximum Gasteiger partial charge on any atom is 0.0944 e. The van der Waals surface area contributed by atoms with Gasteiger partial charge in [0.25, 0.3) is 0 Å². The van der Waals surface area contributed by atoms with Crippen molar-refractivity contribution in [2.24, 2.45) is 0 Å². The lowest BCUT2D eigenvalue weighted by atomic mass is 9.99. The first-order valence-electron chi connectivity index (χ1n) is 5.47. The van der Waals surface area contributed by atoms with Crippen molar-refractivity contribution in [3.05, 3.63) is 23.5 Å². The quantitative estimate of drug-likeness (QED) is 0.530. The van der Waals surface area contributed by atoms with Crippen molar-refractivity contribution in [3.63, 3.8) is 0 Å². The molecule has 1 heterocycles. The van der Waals surface area contributed by atoms with Crippen LogP contribution in [0.1, 0.15) is 38.5 Å². The molecule has 0 bridgehead atoms. The van der Waals surface area contributed by atoms with Crippen LogP contribution >= 0.6 is 0 Å². The fraction of sp³-hybridized carbons (Fsp3) is 0.538. The predicted octanol–water partition coefficient (Wildman–Crippen LogP) is 3.18. The second-order valence-electron chi connectivity index (χ2n) is 3.84. The molecule has 0 saturated carbocycles. The molecule has 0 atom stereocenters. The topological polar surface area (TPSA) is 9.23 Å². The van der Waals surface area contributed by atoms with Gasteiger partial charge in [-0.2, -0.15) is 0 Å². The van der Waals surface area contributed by atoms with Gasteiger partial charge < -0.3 is 4.74 Å². The largest absolute Gasteiger partial charge is 0.500 e. The van der Waals surface area contributed by atoms with Crippen LogP contribution in [-0.2, 0) is 4.74 Å². The Morgan fingerprint density at radius 2 is 1.86 bits per heavy atom. The van der Waals surface area contributed by atoms with Crippen molar-refractivity contribution >= 4 is 0 Å². The van der Waals surface area contributed by atoms with Crippen molar-refractivity contribution in [2.45, 2.75) is 38.5 Å². The van der Waals surface area contributed by atoms with E-state index < -0.39 is 0 Å². The third kappa shape index (κ3) is 2.67. The maximum atomic E-state index is 5.24. The number of hydrogen-bond donors (Lipinski definition) is 0. The smallest absolute Gasteiger partial charge is 0.0944 e. The van der Waals surface area contributed by atoms with Gasteiger partial charge in [0.1, 0.15) is 0 Å². The van der Waals surface area contributed by atoms with Gasteiger partial charge in [0.2, 0.25) is 0 Å². The molecule has 0 aromatic heterocycles. The Labute approximate surface area is 85.8 Å². The molecule has 1 aliphatic carbocycles. The van der Waals surface area contributed by atoms with Gasteiger partial charge in [0, 0.05) is 5.57 Å². The predicted molar refractivity (Wildman–Crippen MR) is 57.6 cm³/mol. The zero-order valence-corrected chi connectivity index (χ0v) is 8.51. The van der Waals surface area contributed by atoms with E-state index in [-0.39, 0.29) is 0 Å². The van der Waals surface area contributed by atoms with Crippen molar-refractivity contribution in [2.75, 3.05) is 6.61 Å². The van der Waals surface area contributed by atoms with Crippen LogP contribution in [0.2, 0.25) is 0 Å². The third-order valence-corrected chi connectivity index (χ3v) is 2.61. The fourth-order valence-corrected chi connectivity index (χ4v) is 1.77. The van der Waals surface area contributed by atoms with E-state index in [1.165, 1.54) is 31.3 Å². The molecule has 0 aromatic rings. The van der Waals surface area contributed by atoms with E-state index >= 15 is 0 Å². The lowest BCUT2D eigenvalue weighted by molar-refractivity contribution is 0.227. The van der Waals surface area contributed by atoms with Gasteiger partial charge in [-0.3, -0.25) is 0 Å². The number of hydrogen-bond acceptors (Lipinski definition) is 1. The maximum absolute atomic E-state index is 5.24. The molecule has 1 nitrogen and oxygen atoms in total. The van der Waals surface area contributed by atoms with Gasteiger partial charge in [0.05, 0.1) is 12.9 Å². The van der Waals surface area contributed by atoms with Crippen LogP contribution in [0.3, 0.4) is 0 Å². The summed E-state index contributed by atoms with van der Waals surface area (Å²) in [6, 6.07) is 0. The Balaban J connectivity index is 1.97. The number of allylic oxidation sites excluding steroid dienone is 3. The molecule has 0 radical (unpaired) electrons. The SMILES string of the molecule is C(#CC1=COCCC1)C1=CCCCC1. The molecule has 2 aliphatic rings. The second-order valence-corrected chi connectivity index (χ2v) is 3.84. The van der Waals surface area contributed by atoms with E-state index in [4.69, 9.17) is 4.74 Å². The molecule has 0 fully saturated rings. The Kier molecular flexibility index (Phi) is 3.29. The minimum atomic E-state index is 0.855. The van der Waals surface area contributed by atoms with E-state index in [0.717, 1.165) is 25.0 Å². The Bertz CT molecular complexity index is 282. The van der Waals surface area contributed by atoms with E-state index in [0.29, 0.717) is 0 Å². The van der Waals surface area contributed by atoms with Crippen molar-refractivity contribution in [1.82, 2.24) is 0 Å². The summed E-state index contributed by atoms with van der Waals surface area (Å²) in [7, 11) is 0. The molecule has 74 valence electrons. The van der Waals surface area contributed by atoms with Crippen LogP contribution in [0.4, 0.5) is 0 Å². The summed E-state index contributed by atoms with van der Waals surface area (Å²) in [5.41, 5.74) is 2.48. The lowest BCUT2D eigenvalue weighted by Gasteiger charge is -2.09. The molecule has 0 spiro atoms. The molecule has 14 heavy (non-hydrogen) atoms. The summed E-state index contributed by atoms with van der Waals surface area (Å²) < 4.78 is 5.24. The molecular weight excluding hydrogens is 172 g/mol. The summed E-state index contributed by atoms with van der Waals surface area (Å²) in [5, 5.41) is 0. The van der Waals surface area contributed by atoms with Crippen LogP contribution in [-0.4, -0.2) is 6.61 Å². The Morgan fingerprint density at radius 3 is 2.57 bits per heavy atom. The first-order valence-corrected chi connectivity index (χ1v) is 5.47. The normalized spacial score (nSPS) is 21.1. The van der Waals surface area contributed by atoms with Gasteiger partial charge in [-0.1, -0.05) is 17.9 Å². The standard InChI is InChI=1S/C13H16O/c1-2-5-12(6-3-1)8-9-13-7-4-10-14-11-13/h5,11H,1-4,6-7,10H2. The Morgan fingerprint density at radius 1 is 1.00 bits per heavy atom. The molecule has 1 heteroatoms. The minimum Gasteiger partial charge on any atom is -0.500 e. The molecule has 0 N–H and O–H groups in total. The lowest BCUT2D eigenvalue weighted by Crippen LogP contribution is -1.97. The van der Waals surface area contributed by atoms with E-state index in [2.05, 4.69) is 17.9 Å². The molecule has 1 aliphatic heterocycles. The fourth-order valence-electron chi connectivity index (χ4n) is 1.77. The van der Waals surface area contributed by atoms with Crippen molar-refractivity contribution < 1.29 is 4.74 Å². The highest BCUT2D eigenvalue weighted by molar-refractivity contribution is 5.38. The van der Waals surface area contributed by atoms with Crippen LogP contribution in [0, 0.1) is 11.8 Å². The zero-order chi connectivity index (χ0) is 9.64. The summed E-state index contributed by atoms with van der Waals surface area (Å²) in [4.78, 5) is 0. The van der Waals surface area contributed by atoms with Gasteiger partial charge in [-0.15, -0.1) is 0 Å². The summed E-state index contributed by atoms with van der Waals surface area (Å²) >= 11 is 0. The highest BCUT2D eigenvalue weighted by atomic mass is 16.5. The molecular formula is C13H16O. The summed E-state index contributed by atoms with van der Waals surface area (Å²) in [6.07, 6.45) is 11.3. The molecule has 2 rings (SSSR count). The van der Waals surface area contributed by atoms with Crippen LogP contribution in [0.5, 0.6) is 0 Å². The number of ether oxygens (including phenoxy) is 1. The van der Waals surface area contributed by atoms with Crippen LogP contribution < -0.4 is 0 Å². The van der Waals surface area contributed by atoms with Crippen LogP contribution in [0.25, 0.3) is 0 Å². The van der Waals surface area contributed by atoms with Gasteiger partial charge in [0.15, 0.2) is 0 Å². The highest BCUT2D eigenvalue weighted by Crippen LogP contribution is 2.17. The Hall–Kier alpha value is -1.16. The molecule has 0 aromatic carbocycles. The monoisotopic (exact) mass is 188 g/mol. The molecule has 0 unspecified atom stereocenters. The first kappa shape index (κ1) is 9.40. The second kappa shape index (κ2) is 4.91. The van der Waals surface area contributed by atoms with Crippen LogP contribution in [0.15, 0.2) is 23.5 Å². The molecule has 0 amide bonds. The van der Waals surface area contributed by atoms with Gasteiger partial charge in [-0.25, -0.2) is 0 Å². The zero-order valence-electron chi connectivity index (χ0n) is 8.51. The van der Waals surface area contributed by atoms with E-state index in [1.54, 1.807) is 0 Å². The average molecular weight is 188 g/mol. The van der Waals surface area contributed by atoms with E-state index in [1.807, 2.05) is 6.26 Å². The van der Waals surface area contributed by atoms with Crippen molar-refractivity contribution in [1.29, 1.82) is 0 Å². The summed E-state index contributed by atoms with van der Waals surface area (Å²) in [5.74, 6) is 6.46. The average Bonchev–Trinajstić information content (AvgIpc) is 2.29. The number of rotatable bonds is 0. The van der Waals surface area contributed by atoms with E-state index in [9.17, 15) is 0 Å². The van der Waals surface area contributed by atoms with Gasteiger partial charge >= 0.3 is 0 Å². The van der Waals surface area contributed by atoms with Gasteiger partial charge in [-0.05, 0) is 44.1 Å².